The van der Waals surface area contributed by atoms with E-state index in [0.717, 1.165) is 21.3 Å². The van der Waals surface area contributed by atoms with E-state index in [1.165, 1.54) is 11.3 Å². The molecule has 0 radical (unpaired) electrons. The van der Waals surface area contributed by atoms with E-state index in [2.05, 4.69) is 15.0 Å². The average molecular weight is 262 g/mol. The smallest absolute Gasteiger partial charge is 0.173 e. The highest BCUT2D eigenvalue weighted by molar-refractivity contribution is 7.13. The monoisotopic (exact) mass is 261 g/mol. The van der Waals surface area contributed by atoms with Crippen molar-refractivity contribution in [2.75, 3.05) is 0 Å². The molecule has 0 amide bonds. The summed E-state index contributed by atoms with van der Waals surface area (Å²) in [5.74, 6) is 0.638. The fourth-order valence-corrected chi connectivity index (χ4v) is 2.48. The van der Waals surface area contributed by atoms with Crippen molar-refractivity contribution in [3.05, 3.63) is 40.6 Å². The first-order valence-corrected chi connectivity index (χ1v) is 6.33. The number of nitrogens with zero attached hydrogens (tertiary/aromatic N) is 3. The molecule has 0 aliphatic rings. The number of aryl methyl sites for hydroxylation is 1. The first kappa shape index (κ1) is 10.6. The van der Waals surface area contributed by atoms with E-state index >= 15 is 0 Å². The largest absolute Gasteiger partial charge is 0.252 e. The quantitative estimate of drug-likeness (QED) is 0.627. The second-order valence-electron chi connectivity index (χ2n) is 3.67. The number of benzene rings is 1. The van der Waals surface area contributed by atoms with Crippen molar-refractivity contribution >= 4 is 33.8 Å². The molecule has 0 aliphatic heterocycles. The Hall–Kier alpha value is -1.52. The zero-order chi connectivity index (χ0) is 11.8. The molecule has 84 valence electrons. The zero-order valence-corrected chi connectivity index (χ0v) is 10.6. The number of thiazole rings is 1. The molecule has 17 heavy (non-hydrogen) atoms. The van der Waals surface area contributed by atoms with Crippen LogP contribution in [0.2, 0.25) is 5.15 Å². The molecule has 3 rings (SSSR count). The third kappa shape index (κ3) is 1.79. The molecule has 3 nitrogen and oxygen atoms in total. The van der Waals surface area contributed by atoms with Crippen molar-refractivity contribution in [1.82, 2.24) is 15.0 Å². The second kappa shape index (κ2) is 4.05. The third-order valence-electron chi connectivity index (χ3n) is 2.53. The predicted molar refractivity (Wildman–Crippen MR) is 70.4 cm³/mol. The molecule has 0 saturated heterocycles. The van der Waals surface area contributed by atoms with E-state index in [1.807, 2.05) is 25.1 Å². The minimum Gasteiger partial charge on any atom is -0.252 e. The second-order valence-corrected chi connectivity index (χ2v) is 4.92. The van der Waals surface area contributed by atoms with Crippen molar-refractivity contribution in [2.24, 2.45) is 0 Å². The summed E-state index contributed by atoms with van der Waals surface area (Å²) in [6, 6.07) is 5.91. The first-order chi connectivity index (χ1) is 8.25. The van der Waals surface area contributed by atoms with Gasteiger partial charge in [-0.15, -0.1) is 11.3 Å². The topological polar surface area (TPSA) is 38.7 Å². The Morgan fingerprint density at radius 2 is 2.12 bits per heavy atom. The molecule has 0 spiro atoms. The molecular weight excluding hydrogens is 254 g/mol. The molecule has 0 fully saturated rings. The Morgan fingerprint density at radius 1 is 1.24 bits per heavy atom. The SMILES string of the molecule is Cc1cccc2c(Cl)nc(-c3cncs3)nc12. The molecule has 0 bridgehead atoms. The standard InChI is InChI=1S/C12H8ClN3S/c1-7-3-2-4-8-10(7)15-12(16-11(8)13)9-5-14-6-17-9/h2-6H,1H3. The Labute approximate surface area is 107 Å². The molecule has 5 heteroatoms. The van der Waals surface area contributed by atoms with Gasteiger partial charge in [0.15, 0.2) is 5.82 Å². The summed E-state index contributed by atoms with van der Waals surface area (Å²) in [6.45, 7) is 2.02. The van der Waals surface area contributed by atoms with Crippen LogP contribution in [0.3, 0.4) is 0 Å². The van der Waals surface area contributed by atoms with Crippen LogP contribution >= 0.6 is 22.9 Å². The molecule has 0 N–H and O–H groups in total. The van der Waals surface area contributed by atoms with Crippen LogP contribution in [0.5, 0.6) is 0 Å². The summed E-state index contributed by atoms with van der Waals surface area (Å²) in [4.78, 5) is 13.8. The number of fused-ring (bicyclic) bond motifs is 1. The van der Waals surface area contributed by atoms with Gasteiger partial charge >= 0.3 is 0 Å². The van der Waals surface area contributed by atoms with Crippen LogP contribution in [0.4, 0.5) is 0 Å². The lowest BCUT2D eigenvalue weighted by Crippen LogP contribution is -1.92. The Kier molecular flexibility index (Phi) is 2.53. The van der Waals surface area contributed by atoms with Gasteiger partial charge in [0.25, 0.3) is 0 Å². The molecular formula is C12H8ClN3S. The maximum absolute atomic E-state index is 6.18. The lowest BCUT2D eigenvalue weighted by atomic mass is 10.1. The van der Waals surface area contributed by atoms with Crippen LogP contribution in [-0.2, 0) is 0 Å². The lowest BCUT2D eigenvalue weighted by Gasteiger charge is -2.04. The normalized spacial score (nSPS) is 10.9. The summed E-state index contributed by atoms with van der Waals surface area (Å²) < 4.78 is 0. The van der Waals surface area contributed by atoms with Gasteiger partial charge in [-0.05, 0) is 18.6 Å². The first-order valence-electron chi connectivity index (χ1n) is 5.07. The van der Waals surface area contributed by atoms with Gasteiger partial charge in [0.05, 0.1) is 15.9 Å². The molecule has 0 saturated carbocycles. The number of hydrogen-bond donors (Lipinski definition) is 0. The molecule has 1 aromatic carbocycles. The van der Waals surface area contributed by atoms with Crippen molar-refractivity contribution in [3.8, 4) is 10.7 Å². The van der Waals surface area contributed by atoms with Crippen LogP contribution in [0.25, 0.3) is 21.6 Å². The minimum atomic E-state index is 0.488. The van der Waals surface area contributed by atoms with Crippen molar-refractivity contribution in [2.45, 2.75) is 6.92 Å². The van der Waals surface area contributed by atoms with Gasteiger partial charge in [-0.3, -0.25) is 4.98 Å². The van der Waals surface area contributed by atoms with E-state index in [0.29, 0.717) is 11.0 Å². The van der Waals surface area contributed by atoms with Gasteiger partial charge in [-0.1, -0.05) is 23.7 Å². The maximum Gasteiger partial charge on any atom is 0.173 e. The van der Waals surface area contributed by atoms with E-state index in [4.69, 9.17) is 11.6 Å². The van der Waals surface area contributed by atoms with Gasteiger partial charge in [-0.2, -0.15) is 0 Å². The lowest BCUT2D eigenvalue weighted by molar-refractivity contribution is 1.22. The van der Waals surface area contributed by atoms with Gasteiger partial charge in [0, 0.05) is 11.6 Å². The number of hydrogen-bond acceptors (Lipinski definition) is 4. The summed E-state index contributed by atoms with van der Waals surface area (Å²) in [5.41, 5.74) is 3.75. The minimum absolute atomic E-state index is 0.488. The molecule has 0 atom stereocenters. The highest BCUT2D eigenvalue weighted by Crippen LogP contribution is 2.27. The van der Waals surface area contributed by atoms with Crippen molar-refractivity contribution in [3.63, 3.8) is 0 Å². The summed E-state index contributed by atoms with van der Waals surface area (Å²) in [6.07, 6.45) is 1.75. The Morgan fingerprint density at radius 3 is 2.88 bits per heavy atom. The van der Waals surface area contributed by atoms with Crippen LogP contribution in [-0.4, -0.2) is 15.0 Å². The van der Waals surface area contributed by atoms with Crippen LogP contribution in [0.15, 0.2) is 29.9 Å². The summed E-state index contributed by atoms with van der Waals surface area (Å²) in [5, 5.41) is 1.38. The molecule has 2 aromatic heterocycles. The predicted octanol–water partition coefficient (Wildman–Crippen LogP) is 3.72. The van der Waals surface area contributed by atoms with E-state index in [-0.39, 0.29) is 0 Å². The molecule has 2 heterocycles. The molecule has 0 unspecified atom stereocenters. The van der Waals surface area contributed by atoms with Gasteiger partial charge in [0.1, 0.15) is 5.15 Å². The van der Waals surface area contributed by atoms with Gasteiger partial charge < -0.3 is 0 Å². The van der Waals surface area contributed by atoms with E-state index in [9.17, 15) is 0 Å². The van der Waals surface area contributed by atoms with E-state index in [1.54, 1.807) is 11.7 Å². The van der Waals surface area contributed by atoms with Gasteiger partial charge in [-0.25, -0.2) is 9.97 Å². The highest BCUT2D eigenvalue weighted by Gasteiger charge is 2.10. The molecule has 0 aliphatic carbocycles. The molecule has 3 aromatic rings. The Bertz CT molecular complexity index is 680. The fourth-order valence-electron chi connectivity index (χ4n) is 1.69. The maximum atomic E-state index is 6.18. The van der Waals surface area contributed by atoms with E-state index < -0.39 is 0 Å². The van der Waals surface area contributed by atoms with Gasteiger partial charge in [0.2, 0.25) is 0 Å². The number of rotatable bonds is 1. The summed E-state index contributed by atoms with van der Waals surface area (Å²) in [7, 11) is 0. The van der Waals surface area contributed by atoms with Crippen molar-refractivity contribution < 1.29 is 0 Å². The summed E-state index contributed by atoms with van der Waals surface area (Å²) >= 11 is 7.69. The highest BCUT2D eigenvalue weighted by atomic mass is 35.5. The van der Waals surface area contributed by atoms with Crippen LogP contribution in [0, 0.1) is 6.92 Å². The van der Waals surface area contributed by atoms with Crippen LogP contribution < -0.4 is 0 Å². The number of para-hydroxylation sites is 1. The zero-order valence-electron chi connectivity index (χ0n) is 9.01. The fraction of sp³-hybridized carbons (Fsp3) is 0.0833. The average Bonchev–Trinajstić information content (AvgIpc) is 2.84. The van der Waals surface area contributed by atoms with Crippen molar-refractivity contribution in [1.29, 1.82) is 0 Å². The Balaban J connectivity index is 2.34. The number of aromatic nitrogens is 3. The third-order valence-corrected chi connectivity index (χ3v) is 3.59. The van der Waals surface area contributed by atoms with Crippen LogP contribution in [0.1, 0.15) is 5.56 Å². The number of halogens is 1.